The Morgan fingerprint density at radius 3 is 1.04 bits per heavy atom. The van der Waals surface area contributed by atoms with Crippen LogP contribution < -0.4 is 5.32 Å². The number of allylic oxidation sites excluding steroid dienone is 1. The monoisotopic (exact) mass is 1030 g/mol. The van der Waals surface area contributed by atoms with Crippen LogP contribution >= 0.6 is 7.82 Å². The van der Waals surface area contributed by atoms with E-state index in [0.717, 1.165) is 32.1 Å². The summed E-state index contributed by atoms with van der Waals surface area (Å²) in [5, 5.41) is 14.0. The van der Waals surface area contributed by atoms with Crippen molar-refractivity contribution in [2.75, 3.05) is 40.9 Å². The van der Waals surface area contributed by atoms with E-state index < -0.39 is 20.0 Å². The zero-order chi connectivity index (χ0) is 52.0. The molecule has 0 rings (SSSR count). The second-order valence-corrected chi connectivity index (χ2v) is 24.6. The number of aliphatic hydroxyl groups is 1. The lowest BCUT2D eigenvalue weighted by molar-refractivity contribution is -0.870. The molecule has 0 aromatic carbocycles. The Kier molecular flexibility index (Phi) is 53.5. The number of carbonyl (C=O) groups excluding carboxylic acids is 1. The summed E-state index contributed by atoms with van der Waals surface area (Å²) in [4.78, 5) is 23.3. The van der Waals surface area contributed by atoms with Crippen molar-refractivity contribution >= 4 is 13.7 Å². The molecule has 3 unspecified atom stereocenters. The van der Waals surface area contributed by atoms with Crippen molar-refractivity contribution in [1.82, 2.24) is 5.32 Å². The summed E-state index contributed by atoms with van der Waals surface area (Å²) in [6.45, 7) is 4.88. The van der Waals surface area contributed by atoms with Crippen molar-refractivity contribution in [3.8, 4) is 0 Å². The Morgan fingerprint density at radius 1 is 0.465 bits per heavy atom. The Balaban J connectivity index is 4.09. The lowest BCUT2D eigenvalue weighted by Crippen LogP contribution is -2.45. The number of phosphoric acid groups is 1. The summed E-state index contributed by atoms with van der Waals surface area (Å²) in [7, 11) is 1.59. The van der Waals surface area contributed by atoms with E-state index in [2.05, 4.69) is 19.2 Å². The molecule has 0 fully saturated rings. The van der Waals surface area contributed by atoms with Crippen molar-refractivity contribution < 1.29 is 32.9 Å². The molecule has 0 saturated carbocycles. The molecule has 0 bridgehead atoms. The van der Waals surface area contributed by atoms with Crippen LogP contribution in [0, 0.1) is 0 Å². The molecule has 9 heteroatoms. The molecule has 0 heterocycles. The number of nitrogens with zero attached hydrogens (tertiary/aromatic N) is 1. The van der Waals surface area contributed by atoms with Crippen molar-refractivity contribution in [2.45, 2.75) is 341 Å². The Morgan fingerprint density at radius 2 is 0.746 bits per heavy atom. The van der Waals surface area contributed by atoms with Crippen LogP contribution in [0.5, 0.6) is 0 Å². The maximum Gasteiger partial charge on any atom is 0.472 e. The minimum absolute atomic E-state index is 0.0653. The van der Waals surface area contributed by atoms with E-state index in [1.807, 2.05) is 27.2 Å². The Hall–Kier alpha value is -0.760. The maximum atomic E-state index is 13.0. The average Bonchev–Trinajstić information content (AvgIpc) is 3.33. The Labute approximate surface area is 443 Å². The van der Waals surface area contributed by atoms with E-state index in [4.69, 9.17) is 9.05 Å². The van der Waals surface area contributed by atoms with Gasteiger partial charge in [-0.1, -0.05) is 315 Å². The van der Waals surface area contributed by atoms with E-state index in [-0.39, 0.29) is 19.1 Å². The van der Waals surface area contributed by atoms with Crippen LogP contribution in [0.3, 0.4) is 0 Å². The second kappa shape index (κ2) is 54.0. The molecular weight excluding hydrogens is 900 g/mol. The number of rotatable bonds is 59. The van der Waals surface area contributed by atoms with E-state index in [1.54, 1.807) is 6.08 Å². The first-order valence-corrected chi connectivity index (χ1v) is 33.1. The molecule has 71 heavy (non-hydrogen) atoms. The zero-order valence-corrected chi connectivity index (χ0v) is 49.4. The number of hydrogen-bond acceptors (Lipinski definition) is 5. The Bertz CT molecular complexity index is 1160. The molecular formula is C62H126N2O6P+. The largest absolute Gasteiger partial charge is 0.472 e. The third-order valence-electron chi connectivity index (χ3n) is 14.8. The minimum atomic E-state index is -4.34. The van der Waals surface area contributed by atoms with Gasteiger partial charge in [0.2, 0.25) is 5.91 Å². The van der Waals surface area contributed by atoms with E-state index in [0.29, 0.717) is 17.4 Å². The molecule has 0 aromatic rings. The quantitative estimate of drug-likeness (QED) is 0.0243. The van der Waals surface area contributed by atoms with Gasteiger partial charge in [0.15, 0.2) is 0 Å². The first kappa shape index (κ1) is 70.2. The highest BCUT2D eigenvalue weighted by atomic mass is 31.2. The number of unbranched alkanes of at least 4 members (excludes halogenated alkanes) is 46. The highest BCUT2D eigenvalue weighted by Crippen LogP contribution is 2.43. The number of nitrogens with one attached hydrogen (secondary N) is 1. The predicted octanol–water partition coefficient (Wildman–Crippen LogP) is 19.4. The molecule has 0 radical (unpaired) electrons. The maximum absolute atomic E-state index is 13.0. The number of quaternary nitrogens is 1. The molecule has 0 saturated heterocycles. The number of likely N-dealkylation sites (N-methyl/N-ethyl adjacent to an activating group) is 1. The topological polar surface area (TPSA) is 105 Å². The lowest BCUT2D eigenvalue weighted by Gasteiger charge is -2.25. The number of carbonyl (C=O) groups is 1. The van der Waals surface area contributed by atoms with Crippen LogP contribution in [0.15, 0.2) is 12.2 Å². The van der Waals surface area contributed by atoms with Crippen molar-refractivity contribution in [2.24, 2.45) is 0 Å². The summed E-state index contributed by atoms with van der Waals surface area (Å²) in [5.41, 5.74) is 0. The highest BCUT2D eigenvalue weighted by molar-refractivity contribution is 7.47. The van der Waals surface area contributed by atoms with Crippen molar-refractivity contribution in [3.05, 3.63) is 12.2 Å². The van der Waals surface area contributed by atoms with Gasteiger partial charge in [0, 0.05) is 6.42 Å². The smallest absolute Gasteiger partial charge is 0.387 e. The average molecular weight is 1030 g/mol. The van der Waals surface area contributed by atoms with Crippen molar-refractivity contribution in [3.63, 3.8) is 0 Å². The first-order chi connectivity index (χ1) is 34.5. The fourth-order valence-corrected chi connectivity index (χ4v) is 10.5. The number of amides is 1. The van der Waals surface area contributed by atoms with E-state index >= 15 is 0 Å². The van der Waals surface area contributed by atoms with Gasteiger partial charge < -0.3 is 19.8 Å². The molecule has 1 amide bonds. The number of phosphoric ester groups is 1. The lowest BCUT2D eigenvalue weighted by atomic mass is 10.0. The van der Waals surface area contributed by atoms with Gasteiger partial charge in [0.1, 0.15) is 13.2 Å². The number of aliphatic hydroxyl groups excluding tert-OH is 1. The third kappa shape index (κ3) is 56.8. The fourth-order valence-electron chi connectivity index (χ4n) is 9.81. The van der Waals surface area contributed by atoms with Gasteiger partial charge in [-0.2, -0.15) is 0 Å². The molecule has 0 aromatic heterocycles. The first-order valence-electron chi connectivity index (χ1n) is 31.6. The van der Waals surface area contributed by atoms with Crippen LogP contribution in [-0.2, 0) is 18.4 Å². The van der Waals surface area contributed by atoms with Crippen LogP contribution in [0.1, 0.15) is 328 Å². The molecule has 3 atom stereocenters. The number of hydrogen-bond donors (Lipinski definition) is 3. The molecule has 0 spiro atoms. The fraction of sp³-hybridized carbons (Fsp3) is 0.952. The third-order valence-corrected chi connectivity index (χ3v) is 15.7. The minimum Gasteiger partial charge on any atom is -0.387 e. The standard InChI is InChI=1S/C62H125N2O6P/c1-6-8-10-12-14-16-18-20-22-24-26-28-29-30-31-32-33-34-35-36-37-39-41-43-45-47-49-51-53-55-61(65)60(59-70-71(67,68)69-58-57-64(3,4)5)63-62(66)56-54-52-50-48-46-44-42-40-38-27-25-23-21-19-17-15-13-11-9-7-2/h53,55,60-61,65H,6-52,54,56-59H2,1-5H3,(H-,63,66,67,68)/p+1/b55-53+. The van der Waals surface area contributed by atoms with Gasteiger partial charge in [-0.25, -0.2) is 4.57 Å². The summed E-state index contributed by atoms with van der Waals surface area (Å²) in [5.74, 6) is -0.169. The van der Waals surface area contributed by atoms with Crippen molar-refractivity contribution in [1.29, 1.82) is 0 Å². The predicted molar refractivity (Wildman–Crippen MR) is 309 cm³/mol. The molecule has 3 N–H and O–H groups in total. The van der Waals surface area contributed by atoms with Gasteiger partial charge in [0.25, 0.3) is 0 Å². The van der Waals surface area contributed by atoms with Gasteiger partial charge in [-0.3, -0.25) is 13.8 Å². The highest BCUT2D eigenvalue weighted by Gasteiger charge is 2.28. The van der Waals surface area contributed by atoms with E-state index in [1.165, 1.54) is 276 Å². The molecule has 0 aliphatic heterocycles. The molecule has 424 valence electrons. The van der Waals surface area contributed by atoms with Crippen LogP contribution in [-0.4, -0.2) is 73.4 Å². The normalized spacial score (nSPS) is 13.8. The zero-order valence-electron chi connectivity index (χ0n) is 48.5. The molecule has 0 aliphatic carbocycles. The van der Waals surface area contributed by atoms with Gasteiger partial charge in [0.05, 0.1) is 39.9 Å². The van der Waals surface area contributed by atoms with Gasteiger partial charge in [-0.05, 0) is 19.3 Å². The van der Waals surface area contributed by atoms with Crippen LogP contribution in [0.4, 0.5) is 0 Å². The second-order valence-electron chi connectivity index (χ2n) is 23.2. The van der Waals surface area contributed by atoms with Crippen LogP contribution in [0.25, 0.3) is 0 Å². The van der Waals surface area contributed by atoms with Gasteiger partial charge >= 0.3 is 7.82 Å². The van der Waals surface area contributed by atoms with E-state index in [9.17, 15) is 19.4 Å². The molecule has 0 aliphatic rings. The van der Waals surface area contributed by atoms with Gasteiger partial charge in [-0.15, -0.1) is 0 Å². The SMILES string of the molecule is CCCCCCCCCCCCCCCCCCCCCCCCCCCCC/C=C/C(O)C(COP(=O)(O)OCC[N+](C)(C)C)NC(=O)CCCCCCCCCCCCCCCCCCCCCC. The summed E-state index contributed by atoms with van der Waals surface area (Å²) in [6.07, 6.45) is 67.6. The summed E-state index contributed by atoms with van der Waals surface area (Å²) >= 11 is 0. The van der Waals surface area contributed by atoms with Crippen LogP contribution in [0.2, 0.25) is 0 Å². The molecule has 8 nitrogen and oxygen atoms in total. The summed E-state index contributed by atoms with van der Waals surface area (Å²) < 4.78 is 23.8. The summed E-state index contributed by atoms with van der Waals surface area (Å²) in [6, 6.07) is -0.842.